The van der Waals surface area contributed by atoms with Crippen molar-refractivity contribution in [3.8, 4) is 0 Å². The van der Waals surface area contributed by atoms with E-state index < -0.39 is 16.2 Å². The van der Waals surface area contributed by atoms with Crippen molar-refractivity contribution in [2.24, 2.45) is 0 Å². The number of carbonyl (C=O) groups is 1. The zero-order valence-corrected chi connectivity index (χ0v) is 11.9. The standard InChI is InChI=1S/C10H21N3O4S/c1-9-8-11-5-7-13(9)18(15,16)12(2)6-4-10(14)17-3/h9,11H,4-8H2,1-3H3. The largest absolute Gasteiger partial charge is 0.469 e. The first-order chi connectivity index (χ1) is 8.39. The summed E-state index contributed by atoms with van der Waals surface area (Å²) in [7, 11) is -0.730. The Morgan fingerprint density at radius 3 is 2.78 bits per heavy atom. The lowest BCUT2D eigenvalue weighted by atomic mass is 10.3. The van der Waals surface area contributed by atoms with Crippen molar-refractivity contribution in [3.63, 3.8) is 0 Å². The summed E-state index contributed by atoms with van der Waals surface area (Å²) in [5.74, 6) is -0.412. The van der Waals surface area contributed by atoms with Gasteiger partial charge in [-0.05, 0) is 6.92 Å². The van der Waals surface area contributed by atoms with Gasteiger partial charge in [0.2, 0.25) is 0 Å². The summed E-state index contributed by atoms with van der Waals surface area (Å²) >= 11 is 0. The molecule has 0 spiro atoms. The van der Waals surface area contributed by atoms with Crippen LogP contribution in [0.1, 0.15) is 13.3 Å². The molecule has 0 bridgehead atoms. The summed E-state index contributed by atoms with van der Waals surface area (Å²) in [5.41, 5.74) is 0. The Hall–Kier alpha value is -0.700. The second kappa shape index (κ2) is 6.46. The van der Waals surface area contributed by atoms with Gasteiger partial charge in [0.05, 0.1) is 13.5 Å². The van der Waals surface area contributed by atoms with Gasteiger partial charge in [0, 0.05) is 39.3 Å². The normalized spacial score (nSPS) is 22.1. The average molecular weight is 279 g/mol. The highest BCUT2D eigenvalue weighted by Gasteiger charge is 2.32. The Bertz CT molecular complexity index is 385. The molecule has 1 N–H and O–H groups in total. The number of hydrogen-bond donors (Lipinski definition) is 1. The van der Waals surface area contributed by atoms with Crippen LogP contribution in [0.3, 0.4) is 0 Å². The van der Waals surface area contributed by atoms with Gasteiger partial charge in [-0.15, -0.1) is 0 Å². The number of esters is 1. The number of piperazine rings is 1. The van der Waals surface area contributed by atoms with Crippen LogP contribution in [0.15, 0.2) is 0 Å². The van der Waals surface area contributed by atoms with E-state index in [1.807, 2.05) is 6.92 Å². The van der Waals surface area contributed by atoms with Gasteiger partial charge in [-0.1, -0.05) is 0 Å². The smallest absolute Gasteiger partial charge is 0.306 e. The van der Waals surface area contributed by atoms with Crippen LogP contribution in [0.25, 0.3) is 0 Å². The van der Waals surface area contributed by atoms with Gasteiger partial charge in [0.1, 0.15) is 0 Å². The molecule has 1 rings (SSSR count). The van der Waals surface area contributed by atoms with Crippen LogP contribution >= 0.6 is 0 Å². The Kier molecular flexibility index (Phi) is 5.51. The van der Waals surface area contributed by atoms with Crippen LogP contribution in [0, 0.1) is 0 Å². The fourth-order valence-electron chi connectivity index (χ4n) is 1.81. The minimum absolute atomic E-state index is 0.0622. The van der Waals surface area contributed by atoms with Crippen LogP contribution in [0.5, 0.6) is 0 Å². The second-order valence-electron chi connectivity index (χ2n) is 4.32. The van der Waals surface area contributed by atoms with Crippen molar-refractivity contribution in [2.75, 3.05) is 40.3 Å². The first-order valence-electron chi connectivity index (χ1n) is 5.90. The van der Waals surface area contributed by atoms with Gasteiger partial charge in [-0.2, -0.15) is 17.0 Å². The van der Waals surface area contributed by atoms with Crippen LogP contribution < -0.4 is 5.32 Å². The monoisotopic (exact) mass is 279 g/mol. The topological polar surface area (TPSA) is 79.0 Å². The molecule has 7 nitrogen and oxygen atoms in total. The molecule has 1 atom stereocenters. The molecule has 0 radical (unpaired) electrons. The van der Waals surface area contributed by atoms with E-state index in [9.17, 15) is 13.2 Å². The summed E-state index contributed by atoms with van der Waals surface area (Å²) in [6.45, 7) is 3.73. The Morgan fingerprint density at radius 2 is 2.22 bits per heavy atom. The third-order valence-electron chi connectivity index (χ3n) is 2.99. The van der Waals surface area contributed by atoms with Gasteiger partial charge >= 0.3 is 5.97 Å². The summed E-state index contributed by atoms with van der Waals surface area (Å²) in [6.07, 6.45) is 0.0622. The highest BCUT2D eigenvalue weighted by atomic mass is 32.2. The molecule has 1 unspecified atom stereocenters. The molecule has 0 saturated carbocycles. The van der Waals surface area contributed by atoms with Gasteiger partial charge in [0.15, 0.2) is 0 Å². The molecule has 1 saturated heterocycles. The molecule has 0 amide bonds. The molecule has 1 aliphatic heterocycles. The van der Waals surface area contributed by atoms with E-state index in [1.54, 1.807) is 0 Å². The average Bonchev–Trinajstić information content (AvgIpc) is 2.35. The summed E-state index contributed by atoms with van der Waals surface area (Å²) in [4.78, 5) is 11.0. The zero-order valence-electron chi connectivity index (χ0n) is 11.0. The van der Waals surface area contributed by atoms with E-state index in [-0.39, 0.29) is 19.0 Å². The third kappa shape index (κ3) is 3.64. The molecule has 0 aromatic carbocycles. The van der Waals surface area contributed by atoms with Crippen LogP contribution in [-0.2, 0) is 19.7 Å². The molecular weight excluding hydrogens is 258 g/mol. The Balaban J connectivity index is 2.64. The highest BCUT2D eigenvalue weighted by Crippen LogP contribution is 2.13. The number of nitrogens with zero attached hydrogens (tertiary/aromatic N) is 2. The van der Waals surface area contributed by atoms with Crippen LogP contribution in [0.4, 0.5) is 0 Å². The molecule has 106 valence electrons. The molecule has 8 heteroatoms. The van der Waals surface area contributed by atoms with Gasteiger partial charge in [0.25, 0.3) is 10.2 Å². The van der Waals surface area contributed by atoms with Crippen LogP contribution in [0.2, 0.25) is 0 Å². The summed E-state index contributed by atoms with van der Waals surface area (Å²) < 4.78 is 31.7. The molecule has 0 aromatic heterocycles. The molecule has 0 aliphatic carbocycles. The minimum Gasteiger partial charge on any atom is -0.469 e. The van der Waals surface area contributed by atoms with E-state index in [0.29, 0.717) is 19.6 Å². The summed E-state index contributed by atoms with van der Waals surface area (Å²) in [5, 5.41) is 3.14. The van der Waals surface area contributed by atoms with E-state index in [4.69, 9.17) is 0 Å². The van der Waals surface area contributed by atoms with Crippen molar-refractivity contribution >= 4 is 16.2 Å². The maximum absolute atomic E-state index is 12.3. The summed E-state index contributed by atoms with van der Waals surface area (Å²) in [6, 6.07) is -0.0793. The van der Waals surface area contributed by atoms with Gasteiger partial charge < -0.3 is 10.1 Å². The number of nitrogens with one attached hydrogen (secondary N) is 1. The highest BCUT2D eigenvalue weighted by molar-refractivity contribution is 7.86. The molecule has 18 heavy (non-hydrogen) atoms. The fourth-order valence-corrected chi connectivity index (χ4v) is 3.34. The lowest BCUT2D eigenvalue weighted by Gasteiger charge is -2.35. The van der Waals surface area contributed by atoms with Crippen molar-refractivity contribution in [1.82, 2.24) is 13.9 Å². The number of rotatable bonds is 5. The van der Waals surface area contributed by atoms with E-state index >= 15 is 0 Å². The van der Waals surface area contributed by atoms with Crippen molar-refractivity contribution < 1.29 is 17.9 Å². The van der Waals surface area contributed by atoms with Crippen molar-refractivity contribution in [1.29, 1.82) is 0 Å². The maximum Gasteiger partial charge on any atom is 0.306 e. The van der Waals surface area contributed by atoms with E-state index in [2.05, 4.69) is 10.1 Å². The first kappa shape index (κ1) is 15.4. The SMILES string of the molecule is COC(=O)CCN(C)S(=O)(=O)N1CCNCC1C. The van der Waals surface area contributed by atoms with Crippen molar-refractivity contribution in [2.45, 2.75) is 19.4 Å². The van der Waals surface area contributed by atoms with E-state index in [1.165, 1.54) is 22.8 Å². The lowest BCUT2D eigenvalue weighted by molar-refractivity contribution is -0.140. The quantitative estimate of drug-likeness (QED) is 0.654. The number of methoxy groups -OCH3 is 1. The number of hydrogen-bond acceptors (Lipinski definition) is 5. The Morgan fingerprint density at radius 1 is 1.56 bits per heavy atom. The molecule has 1 aliphatic rings. The Labute approximate surface area is 108 Å². The predicted octanol–water partition coefficient (Wildman–Crippen LogP) is -0.980. The predicted molar refractivity (Wildman–Crippen MR) is 67.2 cm³/mol. The van der Waals surface area contributed by atoms with Crippen molar-refractivity contribution in [3.05, 3.63) is 0 Å². The zero-order chi connectivity index (χ0) is 13.8. The molecule has 0 aromatic rings. The van der Waals surface area contributed by atoms with Gasteiger partial charge in [-0.25, -0.2) is 0 Å². The number of carbonyl (C=O) groups excluding carboxylic acids is 1. The fraction of sp³-hybridized carbons (Fsp3) is 0.900. The van der Waals surface area contributed by atoms with Gasteiger partial charge in [-0.3, -0.25) is 4.79 Å². The second-order valence-corrected chi connectivity index (χ2v) is 6.31. The number of ether oxygens (including phenoxy) is 1. The minimum atomic E-state index is -3.50. The van der Waals surface area contributed by atoms with Crippen LogP contribution in [-0.4, -0.2) is 69.4 Å². The van der Waals surface area contributed by atoms with E-state index in [0.717, 1.165) is 0 Å². The molecule has 1 heterocycles. The third-order valence-corrected chi connectivity index (χ3v) is 5.09. The molecule has 1 fully saturated rings. The lowest BCUT2D eigenvalue weighted by Crippen LogP contribution is -2.55. The first-order valence-corrected chi connectivity index (χ1v) is 7.30. The molecular formula is C10H21N3O4S. The maximum atomic E-state index is 12.3.